The third-order valence-corrected chi connectivity index (χ3v) is 6.58. The number of piperidine rings is 1. The average molecular weight is 437 g/mol. The summed E-state index contributed by atoms with van der Waals surface area (Å²) in [5.74, 6) is -0.851. The van der Waals surface area contributed by atoms with E-state index in [0.29, 0.717) is 16.5 Å². The summed E-state index contributed by atoms with van der Waals surface area (Å²) >= 11 is 1.13. The smallest absolute Gasteiger partial charge is 0.357 e. The highest BCUT2D eigenvalue weighted by Crippen LogP contribution is 2.32. The van der Waals surface area contributed by atoms with E-state index in [9.17, 15) is 14.7 Å². The van der Waals surface area contributed by atoms with Crippen molar-refractivity contribution in [3.8, 4) is 10.6 Å². The van der Waals surface area contributed by atoms with E-state index in [1.54, 1.807) is 36.7 Å². The van der Waals surface area contributed by atoms with Gasteiger partial charge in [-0.05, 0) is 75.1 Å². The number of thiazole rings is 1. The summed E-state index contributed by atoms with van der Waals surface area (Å²) in [6, 6.07) is 11.1. The molecule has 0 bridgehead atoms. The van der Waals surface area contributed by atoms with Crippen molar-refractivity contribution in [2.24, 2.45) is 5.92 Å². The second-order valence-corrected chi connectivity index (χ2v) is 8.84. The Morgan fingerprint density at radius 1 is 1.13 bits per heavy atom. The Bertz CT molecular complexity index is 1060. The van der Waals surface area contributed by atoms with Gasteiger partial charge in [-0.1, -0.05) is 23.5 Å². The van der Waals surface area contributed by atoms with Crippen LogP contribution >= 0.6 is 11.3 Å². The van der Waals surface area contributed by atoms with E-state index >= 15 is 0 Å². The topological polar surface area (TPSA) is 95.4 Å². The number of benzene rings is 1. The fourth-order valence-electron chi connectivity index (χ4n) is 3.73. The molecule has 0 unspecified atom stereocenters. The van der Waals surface area contributed by atoms with E-state index in [0.717, 1.165) is 36.4 Å². The first kappa shape index (κ1) is 21.1. The number of carboxylic acids is 1. The highest BCUT2D eigenvalue weighted by molar-refractivity contribution is 7.19. The Labute approximate surface area is 184 Å². The first-order chi connectivity index (χ1) is 15.0. The molecule has 8 heteroatoms. The molecule has 31 heavy (non-hydrogen) atoms. The lowest BCUT2D eigenvalue weighted by atomic mass is 9.90. The highest BCUT2D eigenvalue weighted by atomic mass is 32.1. The molecule has 2 aromatic heterocycles. The molecule has 7 nitrogen and oxygen atoms in total. The molecule has 1 amide bonds. The number of likely N-dealkylation sites (tertiary alicyclic amines) is 1. The van der Waals surface area contributed by atoms with Crippen molar-refractivity contribution >= 4 is 28.2 Å². The standard InChI is InChI=1S/C23H24N4O3S/c1-27-12-8-16(9-13-27)14-15-2-4-17(5-3-15)20(28)26-22-19(23(29)30)25-21(31-22)18-6-10-24-11-7-18/h2-7,10-11,16H,8-9,12-14H2,1H3,(H,26,28)(H,29,30). The molecule has 1 saturated heterocycles. The molecule has 4 rings (SSSR count). The fraction of sp³-hybridized carbons (Fsp3) is 0.304. The maximum atomic E-state index is 12.7. The van der Waals surface area contributed by atoms with Gasteiger partial charge in [0, 0.05) is 23.5 Å². The van der Waals surface area contributed by atoms with Gasteiger partial charge in [0.25, 0.3) is 5.91 Å². The predicted molar refractivity (Wildman–Crippen MR) is 121 cm³/mol. The SMILES string of the molecule is CN1CCC(Cc2ccc(C(=O)Nc3sc(-c4ccncc4)nc3C(=O)O)cc2)CC1. The van der Waals surface area contributed by atoms with Crippen molar-refractivity contribution in [1.29, 1.82) is 0 Å². The Balaban J connectivity index is 1.45. The molecule has 0 saturated carbocycles. The summed E-state index contributed by atoms with van der Waals surface area (Å²) in [5, 5.41) is 13.0. The summed E-state index contributed by atoms with van der Waals surface area (Å²) in [6.07, 6.45) is 6.64. The molecule has 1 aliphatic heterocycles. The highest BCUT2D eigenvalue weighted by Gasteiger charge is 2.21. The van der Waals surface area contributed by atoms with Gasteiger partial charge in [0.2, 0.25) is 0 Å². The molecular formula is C23H24N4O3S. The number of carbonyl (C=O) groups excluding carboxylic acids is 1. The monoisotopic (exact) mass is 436 g/mol. The number of nitrogens with zero attached hydrogens (tertiary/aromatic N) is 3. The number of nitrogens with one attached hydrogen (secondary N) is 1. The molecule has 1 aromatic carbocycles. The van der Waals surface area contributed by atoms with Gasteiger partial charge in [0.15, 0.2) is 5.69 Å². The number of carboxylic acid groups (broad SMARTS) is 1. The molecule has 1 aliphatic rings. The molecule has 0 spiro atoms. The van der Waals surface area contributed by atoms with E-state index in [1.807, 2.05) is 12.1 Å². The first-order valence-corrected chi connectivity index (χ1v) is 11.0. The zero-order chi connectivity index (χ0) is 21.8. The Hall–Kier alpha value is -3.10. The minimum Gasteiger partial charge on any atom is -0.476 e. The maximum Gasteiger partial charge on any atom is 0.357 e. The molecule has 2 N–H and O–H groups in total. The molecule has 3 aromatic rings. The number of anilines is 1. The van der Waals surface area contributed by atoms with E-state index in [2.05, 4.69) is 27.2 Å². The van der Waals surface area contributed by atoms with Crippen LogP contribution in [-0.2, 0) is 6.42 Å². The number of carbonyl (C=O) groups is 2. The lowest BCUT2D eigenvalue weighted by Gasteiger charge is -2.28. The van der Waals surface area contributed by atoms with Crippen LogP contribution < -0.4 is 5.32 Å². The van der Waals surface area contributed by atoms with E-state index in [1.165, 1.54) is 18.4 Å². The van der Waals surface area contributed by atoms with Crippen molar-refractivity contribution in [1.82, 2.24) is 14.9 Å². The van der Waals surface area contributed by atoms with Crippen molar-refractivity contribution in [3.63, 3.8) is 0 Å². The van der Waals surface area contributed by atoms with Gasteiger partial charge in [-0.3, -0.25) is 9.78 Å². The largest absolute Gasteiger partial charge is 0.476 e. The molecular weight excluding hydrogens is 412 g/mol. The van der Waals surface area contributed by atoms with Crippen molar-refractivity contribution < 1.29 is 14.7 Å². The van der Waals surface area contributed by atoms with Gasteiger partial charge in [0.05, 0.1) is 0 Å². The number of hydrogen-bond acceptors (Lipinski definition) is 6. The number of pyridine rings is 1. The molecule has 3 heterocycles. The summed E-state index contributed by atoms with van der Waals surface area (Å²) < 4.78 is 0. The van der Waals surface area contributed by atoms with Crippen molar-refractivity contribution in [3.05, 3.63) is 65.6 Å². The average Bonchev–Trinajstić information content (AvgIpc) is 3.20. The van der Waals surface area contributed by atoms with Crippen LogP contribution in [0.15, 0.2) is 48.8 Å². The van der Waals surface area contributed by atoms with Crippen LogP contribution in [0.5, 0.6) is 0 Å². The molecule has 160 valence electrons. The van der Waals surface area contributed by atoms with Gasteiger partial charge >= 0.3 is 5.97 Å². The number of rotatable bonds is 6. The predicted octanol–water partition coefficient (Wildman–Crippen LogP) is 4.04. The number of hydrogen-bond donors (Lipinski definition) is 2. The van der Waals surface area contributed by atoms with Crippen LogP contribution in [0.3, 0.4) is 0 Å². The van der Waals surface area contributed by atoms with Crippen LogP contribution in [-0.4, -0.2) is 52.0 Å². The van der Waals surface area contributed by atoms with Gasteiger partial charge < -0.3 is 15.3 Å². The lowest BCUT2D eigenvalue weighted by molar-refractivity contribution is 0.0692. The van der Waals surface area contributed by atoms with Gasteiger partial charge in [-0.25, -0.2) is 9.78 Å². The van der Waals surface area contributed by atoms with E-state index in [4.69, 9.17) is 0 Å². The minimum absolute atomic E-state index is 0.163. The third-order valence-electron chi connectivity index (χ3n) is 5.56. The first-order valence-electron chi connectivity index (χ1n) is 10.2. The van der Waals surface area contributed by atoms with E-state index < -0.39 is 5.97 Å². The summed E-state index contributed by atoms with van der Waals surface area (Å²) in [4.78, 5) is 34.8. The molecule has 0 atom stereocenters. The summed E-state index contributed by atoms with van der Waals surface area (Å²) in [7, 11) is 2.16. The fourth-order valence-corrected chi connectivity index (χ4v) is 4.69. The van der Waals surface area contributed by atoms with Crippen LogP contribution in [0.25, 0.3) is 10.6 Å². The van der Waals surface area contributed by atoms with E-state index in [-0.39, 0.29) is 16.6 Å². The number of aromatic carboxylic acids is 1. The molecule has 0 aliphatic carbocycles. The van der Waals surface area contributed by atoms with Crippen LogP contribution in [0.4, 0.5) is 5.00 Å². The molecule has 0 radical (unpaired) electrons. The third kappa shape index (κ3) is 5.15. The summed E-state index contributed by atoms with van der Waals surface area (Å²) in [5.41, 5.74) is 2.29. The zero-order valence-electron chi connectivity index (χ0n) is 17.2. The number of amides is 1. The Morgan fingerprint density at radius 2 is 1.81 bits per heavy atom. The second kappa shape index (κ2) is 9.36. The van der Waals surface area contributed by atoms with Crippen LogP contribution in [0.1, 0.15) is 39.3 Å². The quantitative estimate of drug-likeness (QED) is 0.606. The lowest BCUT2D eigenvalue weighted by Crippen LogP contribution is -2.30. The van der Waals surface area contributed by atoms with Gasteiger partial charge in [0.1, 0.15) is 10.0 Å². The molecule has 1 fully saturated rings. The Morgan fingerprint density at radius 3 is 2.45 bits per heavy atom. The summed E-state index contributed by atoms with van der Waals surface area (Å²) in [6.45, 7) is 2.26. The second-order valence-electron chi connectivity index (χ2n) is 7.84. The van der Waals surface area contributed by atoms with Gasteiger partial charge in [-0.15, -0.1) is 0 Å². The zero-order valence-corrected chi connectivity index (χ0v) is 18.1. The number of aromatic nitrogens is 2. The Kier molecular flexibility index (Phi) is 6.39. The maximum absolute atomic E-state index is 12.7. The van der Waals surface area contributed by atoms with Crippen molar-refractivity contribution in [2.45, 2.75) is 19.3 Å². The van der Waals surface area contributed by atoms with Crippen LogP contribution in [0, 0.1) is 5.92 Å². The van der Waals surface area contributed by atoms with Gasteiger partial charge in [-0.2, -0.15) is 0 Å². The van der Waals surface area contributed by atoms with Crippen molar-refractivity contribution in [2.75, 3.05) is 25.5 Å². The minimum atomic E-state index is -1.18. The normalized spacial score (nSPS) is 15.0. The van der Waals surface area contributed by atoms with Crippen LogP contribution in [0.2, 0.25) is 0 Å².